The van der Waals surface area contributed by atoms with Gasteiger partial charge in [0.05, 0.1) is 20.6 Å². The van der Waals surface area contributed by atoms with Crippen LogP contribution in [0.4, 0.5) is 13.2 Å². The van der Waals surface area contributed by atoms with Crippen molar-refractivity contribution in [2.24, 2.45) is 5.73 Å². The summed E-state index contributed by atoms with van der Waals surface area (Å²) in [4.78, 5) is 0. The molecule has 0 spiro atoms. The van der Waals surface area contributed by atoms with Crippen molar-refractivity contribution in [1.29, 1.82) is 0 Å². The summed E-state index contributed by atoms with van der Waals surface area (Å²) in [6.07, 6.45) is -3.53. The molecule has 0 bridgehead atoms. The Hall–Kier alpha value is 0.290. The highest BCUT2D eigenvalue weighted by molar-refractivity contribution is 5.85. The van der Waals surface area contributed by atoms with E-state index in [-0.39, 0.29) is 29.3 Å². The average Bonchev–Trinajstić information content (AvgIpc) is 1.76. The van der Waals surface area contributed by atoms with Gasteiger partial charge >= 0.3 is 6.18 Å². The summed E-state index contributed by atoms with van der Waals surface area (Å²) in [5.74, 6) is 0. The molecule has 102 valence electrons. The number of rotatable bonds is 4. The summed E-state index contributed by atoms with van der Waals surface area (Å²) < 4.78 is 36.3. The van der Waals surface area contributed by atoms with Crippen LogP contribution in [0.15, 0.2) is 0 Å². The minimum absolute atomic E-state index is 0. The Labute approximate surface area is 108 Å². The number of halogens is 5. The number of hydrogen-bond acceptors (Lipinski definition) is 1. The molecule has 16 heavy (non-hydrogen) atoms. The minimum Gasteiger partial charge on any atom is -1.00 e. The van der Waals surface area contributed by atoms with Crippen molar-refractivity contribution >= 4 is 12.4 Å². The number of alkyl halides is 3. The van der Waals surface area contributed by atoms with E-state index in [1.165, 1.54) is 0 Å². The smallest absolute Gasteiger partial charge is 0.438 e. The third kappa shape index (κ3) is 14.3. The predicted molar refractivity (Wildman–Crippen MR) is 58.0 cm³/mol. The third-order valence-electron chi connectivity index (χ3n) is 1.97. The van der Waals surface area contributed by atoms with E-state index in [2.05, 4.69) is 0 Å². The Morgan fingerprint density at radius 2 is 1.50 bits per heavy atom. The van der Waals surface area contributed by atoms with E-state index in [4.69, 9.17) is 5.73 Å². The molecule has 0 atom stereocenters. The van der Waals surface area contributed by atoms with E-state index in [1.54, 1.807) is 14.1 Å². The van der Waals surface area contributed by atoms with E-state index in [0.717, 1.165) is 0 Å². The van der Waals surface area contributed by atoms with E-state index in [1.807, 2.05) is 13.8 Å². The van der Waals surface area contributed by atoms with Crippen molar-refractivity contribution in [3.05, 3.63) is 0 Å². The van der Waals surface area contributed by atoms with Gasteiger partial charge in [-0.15, -0.1) is 12.4 Å². The zero-order valence-electron chi connectivity index (χ0n) is 10.1. The minimum atomic E-state index is -4.11. The fraction of sp³-hybridized carbons (Fsp3) is 1.00. The highest BCUT2D eigenvalue weighted by Gasteiger charge is 2.37. The Morgan fingerprint density at radius 3 is 1.75 bits per heavy atom. The van der Waals surface area contributed by atoms with Crippen molar-refractivity contribution in [2.45, 2.75) is 32.0 Å². The van der Waals surface area contributed by atoms with Crippen molar-refractivity contribution in [1.82, 2.24) is 0 Å². The van der Waals surface area contributed by atoms with Crippen LogP contribution in [0.3, 0.4) is 0 Å². The summed E-state index contributed by atoms with van der Waals surface area (Å²) in [6.45, 7) is 3.27. The highest BCUT2D eigenvalue weighted by atomic mass is 35.5. The molecule has 0 saturated heterocycles. The Morgan fingerprint density at radius 1 is 1.12 bits per heavy atom. The van der Waals surface area contributed by atoms with Gasteiger partial charge < -0.3 is 22.6 Å². The Balaban J connectivity index is -0.000000845. The lowest BCUT2D eigenvalue weighted by Crippen LogP contribution is -3.00. The molecule has 0 amide bonds. The molecular weight excluding hydrogens is 264 g/mol. The second-order valence-corrected chi connectivity index (χ2v) is 5.17. The van der Waals surface area contributed by atoms with Gasteiger partial charge in [0.1, 0.15) is 0 Å². The molecule has 0 heterocycles. The maximum Gasteiger partial charge on any atom is 0.438 e. The molecule has 0 aromatic rings. The molecule has 2 nitrogen and oxygen atoms in total. The molecular formula is C9H21Cl2F3N2. The molecule has 0 fully saturated rings. The van der Waals surface area contributed by atoms with E-state index >= 15 is 0 Å². The zero-order chi connectivity index (χ0) is 11.6. The summed E-state index contributed by atoms with van der Waals surface area (Å²) in [7, 11) is 3.14. The van der Waals surface area contributed by atoms with Crippen molar-refractivity contribution < 1.29 is 30.1 Å². The van der Waals surface area contributed by atoms with E-state index in [9.17, 15) is 13.2 Å². The second kappa shape index (κ2) is 6.89. The van der Waals surface area contributed by atoms with Gasteiger partial charge in [-0.3, -0.25) is 0 Å². The van der Waals surface area contributed by atoms with Crippen LogP contribution in [-0.4, -0.2) is 43.4 Å². The van der Waals surface area contributed by atoms with Gasteiger partial charge in [-0.2, -0.15) is 13.2 Å². The molecule has 0 aliphatic carbocycles. The summed E-state index contributed by atoms with van der Waals surface area (Å²) >= 11 is 0. The second-order valence-electron chi connectivity index (χ2n) is 5.17. The molecule has 0 unspecified atom stereocenters. The lowest BCUT2D eigenvalue weighted by Gasteiger charge is -2.33. The van der Waals surface area contributed by atoms with Crippen LogP contribution in [-0.2, 0) is 0 Å². The van der Waals surface area contributed by atoms with Gasteiger partial charge in [-0.1, -0.05) is 0 Å². The molecule has 0 saturated carbocycles. The molecule has 0 aromatic carbocycles. The van der Waals surface area contributed by atoms with Crippen molar-refractivity contribution in [3.63, 3.8) is 0 Å². The fourth-order valence-electron chi connectivity index (χ4n) is 1.16. The van der Waals surface area contributed by atoms with Gasteiger partial charge in [-0.25, -0.2) is 0 Å². The highest BCUT2D eigenvalue weighted by Crippen LogP contribution is 2.20. The number of nitrogens with zero attached hydrogens (tertiary/aromatic N) is 1. The molecule has 0 aromatic heterocycles. The van der Waals surface area contributed by atoms with Gasteiger partial charge in [0, 0.05) is 12.0 Å². The summed E-state index contributed by atoms with van der Waals surface area (Å²) in [5.41, 5.74) is 5.31. The van der Waals surface area contributed by atoms with Gasteiger partial charge in [0.25, 0.3) is 0 Å². The molecule has 0 rings (SSSR count). The molecule has 7 heteroatoms. The van der Waals surface area contributed by atoms with Crippen LogP contribution in [0, 0.1) is 0 Å². The zero-order valence-corrected chi connectivity index (χ0v) is 11.6. The number of nitrogens with two attached hydrogens (primary N) is 1. The Bertz CT molecular complexity index is 188. The lowest BCUT2D eigenvalue weighted by molar-refractivity contribution is -0.901. The molecule has 2 N–H and O–H groups in total. The summed E-state index contributed by atoms with van der Waals surface area (Å²) in [6, 6.07) is 0. The molecule has 0 radical (unpaired) electrons. The fourth-order valence-corrected chi connectivity index (χ4v) is 1.16. The monoisotopic (exact) mass is 284 g/mol. The number of hydrogen-bond donors (Lipinski definition) is 1. The lowest BCUT2D eigenvalue weighted by atomic mass is 10.0. The van der Waals surface area contributed by atoms with E-state index in [0.29, 0.717) is 13.0 Å². The number of quaternary nitrogens is 1. The Kier molecular flexibility index (Phi) is 9.28. The predicted octanol–water partition coefficient (Wildman–Crippen LogP) is -0.822. The maximum atomic E-state index is 12.1. The van der Waals surface area contributed by atoms with Gasteiger partial charge in [0.2, 0.25) is 0 Å². The van der Waals surface area contributed by atoms with Crippen LogP contribution in [0.5, 0.6) is 0 Å². The van der Waals surface area contributed by atoms with Crippen molar-refractivity contribution in [2.75, 3.05) is 27.2 Å². The standard InChI is InChI=1S/C9H20F3N2.2ClH/c1-8(2,13)5-6-14(3,4)7-9(10,11)12;;/h5-7,13H2,1-4H3;2*1H/q+1;;/p-1. The van der Waals surface area contributed by atoms with Crippen LogP contribution in [0.2, 0.25) is 0 Å². The van der Waals surface area contributed by atoms with Crippen LogP contribution < -0.4 is 18.1 Å². The van der Waals surface area contributed by atoms with Gasteiger partial charge in [0.15, 0.2) is 6.54 Å². The first kappa shape index (κ1) is 21.6. The van der Waals surface area contributed by atoms with Gasteiger partial charge in [-0.05, 0) is 13.8 Å². The normalized spacial score (nSPS) is 12.8. The van der Waals surface area contributed by atoms with Crippen LogP contribution >= 0.6 is 12.4 Å². The first-order valence-electron chi connectivity index (χ1n) is 4.59. The molecule has 0 aliphatic heterocycles. The van der Waals surface area contributed by atoms with Crippen LogP contribution in [0.1, 0.15) is 20.3 Å². The summed E-state index contributed by atoms with van der Waals surface area (Å²) in [5, 5.41) is 0. The van der Waals surface area contributed by atoms with Crippen LogP contribution in [0.25, 0.3) is 0 Å². The van der Waals surface area contributed by atoms with E-state index < -0.39 is 18.3 Å². The topological polar surface area (TPSA) is 26.0 Å². The first-order valence-corrected chi connectivity index (χ1v) is 4.59. The van der Waals surface area contributed by atoms with Crippen molar-refractivity contribution in [3.8, 4) is 0 Å². The third-order valence-corrected chi connectivity index (χ3v) is 1.97. The quantitative estimate of drug-likeness (QED) is 0.671. The largest absolute Gasteiger partial charge is 1.00 e. The SMILES string of the molecule is CC(C)(N)CC[N+](C)(C)CC(F)(F)F.Cl.[Cl-]. The average molecular weight is 285 g/mol. The maximum absolute atomic E-state index is 12.1. The first-order chi connectivity index (χ1) is 5.91. The molecule has 0 aliphatic rings.